The summed E-state index contributed by atoms with van der Waals surface area (Å²) in [6, 6.07) is 17.6. The van der Waals surface area contributed by atoms with Crippen LogP contribution in [0, 0.1) is 16.7 Å². The number of benzene rings is 2. The van der Waals surface area contributed by atoms with Crippen molar-refractivity contribution in [2.75, 3.05) is 14.1 Å². The smallest absolute Gasteiger partial charge is 0.338 e. The maximum Gasteiger partial charge on any atom is 0.338 e. The summed E-state index contributed by atoms with van der Waals surface area (Å²) in [5.41, 5.74) is -1.66. The molecular formula is C44H55NO11. The second kappa shape index (κ2) is 16.3. The molecule has 0 radical (unpaired) electrons. The molecule has 2 aromatic carbocycles. The molecule has 2 fully saturated rings. The van der Waals surface area contributed by atoms with Crippen LogP contribution in [0.25, 0.3) is 0 Å². The molecule has 1 N–H and O–H groups in total. The third-order valence-electron chi connectivity index (χ3n) is 12.2. The summed E-state index contributed by atoms with van der Waals surface area (Å²) in [7, 11) is 3.75. The second-order valence-corrected chi connectivity index (χ2v) is 16.4. The minimum atomic E-state index is -1.57. The Bertz CT molecular complexity index is 1870. The first-order valence-electron chi connectivity index (χ1n) is 19.0. The van der Waals surface area contributed by atoms with Crippen LogP contribution >= 0.6 is 0 Å². The average Bonchev–Trinajstić information content (AvgIpc) is 3.35. The van der Waals surface area contributed by atoms with E-state index in [9.17, 15) is 29.1 Å². The van der Waals surface area contributed by atoms with Crippen LogP contribution in [-0.2, 0) is 42.9 Å². The fraction of sp³-hybridized carbons (Fsp3) is 0.523. The molecule has 0 heterocycles. The first-order valence-corrected chi connectivity index (χ1v) is 19.0. The number of hydrogen-bond donors (Lipinski definition) is 1. The molecule has 56 heavy (non-hydrogen) atoms. The third-order valence-corrected chi connectivity index (χ3v) is 12.2. The summed E-state index contributed by atoms with van der Waals surface area (Å²) < 4.78 is 30.9. The highest BCUT2D eigenvalue weighted by molar-refractivity contribution is 5.89. The molecule has 2 unspecified atom stereocenters. The Kier molecular flexibility index (Phi) is 12.4. The highest BCUT2D eigenvalue weighted by atomic mass is 16.6. The number of carbonyl (C=O) groups is 5. The lowest BCUT2D eigenvalue weighted by molar-refractivity contribution is -0.198. The van der Waals surface area contributed by atoms with E-state index in [1.54, 1.807) is 58.0 Å². The van der Waals surface area contributed by atoms with Gasteiger partial charge in [0.05, 0.1) is 23.0 Å². The van der Waals surface area contributed by atoms with E-state index < -0.39 is 82.7 Å². The highest BCUT2D eigenvalue weighted by Crippen LogP contribution is 2.65. The first-order chi connectivity index (χ1) is 26.2. The van der Waals surface area contributed by atoms with Crippen molar-refractivity contribution in [2.24, 2.45) is 16.7 Å². The summed E-state index contributed by atoms with van der Waals surface area (Å²) in [5.74, 6) is -3.89. The largest absolute Gasteiger partial charge is 0.462 e. The Morgan fingerprint density at radius 2 is 1.41 bits per heavy atom. The number of hydrogen-bond acceptors (Lipinski definition) is 12. The van der Waals surface area contributed by atoms with E-state index >= 15 is 0 Å². The average molecular weight is 774 g/mol. The monoisotopic (exact) mass is 773 g/mol. The zero-order valence-electron chi connectivity index (χ0n) is 33.8. The summed E-state index contributed by atoms with van der Waals surface area (Å²) in [6.45, 7) is 15.1. The summed E-state index contributed by atoms with van der Waals surface area (Å²) in [5, 5.41) is 12.3. The summed E-state index contributed by atoms with van der Waals surface area (Å²) in [4.78, 5) is 68.5. The van der Waals surface area contributed by atoms with E-state index in [1.807, 2.05) is 49.3 Å². The van der Waals surface area contributed by atoms with Crippen LogP contribution in [0.3, 0.4) is 0 Å². The molecule has 5 rings (SSSR count). The molecule has 3 aliphatic rings. The fourth-order valence-electron chi connectivity index (χ4n) is 9.37. The molecule has 302 valence electrons. The van der Waals surface area contributed by atoms with Gasteiger partial charge in [0.1, 0.15) is 18.3 Å². The fourth-order valence-corrected chi connectivity index (χ4v) is 9.37. The van der Waals surface area contributed by atoms with Crippen LogP contribution in [0.2, 0.25) is 0 Å². The Hall–Kier alpha value is -4.81. The Morgan fingerprint density at radius 1 is 0.839 bits per heavy atom. The van der Waals surface area contributed by atoms with Crippen LogP contribution < -0.4 is 0 Å². The van der Waals surface area contributed by atoms with Crippen molar-refractivity contribution in [3.63, 3.8) is 0 Å². The molecule has 0 spiro atoms. The second-order valence-electron chi connectivity index (χ2n) is 16.4. The van der Waals surface area contributed by atoms with Gasteiger partial charge in [0.25, 0.3) is 0 Å². The molecule has 12 heteroatoms. The van der Waals surface area contributed by atoms with Crippen molar-refractivity contribution in [1.82, 2.24) is 4.90 Å². The molecule has 12 nitrogen and oxygen atoms in total. The van der Waals surface area contributed by atoms with E-state index in [-0.39, 0.29) is 37.3 Å². The van der Waals surface area contributed by atoms with Gasteiger partial charge in [-0.3, -0.25) is 19.2 Å². The molecule has 0 bridgehead atoms. The lowest BCUT2D eigenvalue weighted by atomic mass is 9.56. The molecule has 9 atom stereocenters. The predicted molar refractivity (Wildman–Crippen MR) is 206 cm³/mol. The van der Waals surface area contributed by atoms with E-state index in [1.165, 1.54) is 20.8 Å². The van der Waals surface area contributed by atoms with Crippen LogP contribution in [-0.4, -0.2) is 90.1 Å². The quantitative estimate of drug-likeness (QED) is 0.160. The molecule has 2 aromatic rings. The van der Waals surface area contributed by atoms with E-state index in [2.05, 4.69) is 6.58 Å². The van der Waals surface area contributed by atoms with Gasteiger partial charge in [-0.1, -0.05) is 62.0 Å². The normalized spacial score (nSPS) is 29.3. The minimum Gasteiger partial charge on any atom is -0.462 e. The van der Waals surface area contributed by atoms with Crippen LogP contribution in [0.4, 0.5) is 0 Å². The van der Waals surface area contributed by atoms with Crippen molar-refractivity contribution >= 4 is 29.8 Å². The van der Waals surface area contributed by atoms with Crippen LogP contribution in [0.1, 0.15) is 96.1 Å². The summed E-state index contributed by atoms with van der Waals surface area (Å²) in [6.07, 6.45) is -5.36. The van der Waals surface area contributed by atoms with Crippen LogP contribution in [0.5, 0.6) is 0 Å². The number of esters is 5. The standard InChI is InChI=1S/C44H55NO11/c1-25-32-23-44(42(6,7)51)24-35(52-27(3)46)26(2)38(44)39(56-41(50)31-19-15-12-16-20-31)40(54-29(5)48)43(32,8)36(53-28(4)47)22-34(25)55-37(49)21-33(45(9)10)30-17-13-11-14-18-30/h11-20,32-36,39-40,51H,1,21-24H2,2-10H3/t32-,33?,34+,35?,36+,39-,40+,43+,44+/m1/s1. The minimum absolute atomic E-state index is 0.0122. The predicted octanol–water partition coefficient (Wildman–Crippen LogP) is 6.08. The van der Waals surface area contributed by atoms with Gasteiger partial charge in [-0.05, 0) is 81.6 Å². The third kappa shape index (κ3) is 8.18. The van der Waals surface area contributed by atoms with Crippen molar-refractivity contribution in [2.45, 2.75) is 116 Å². The van der Waals surface area contributed by atoms with Gasteiger partial charge in [0, 0.05) is 45.1 Å². The summed E-state index contributed by atoms with van der Waals surface area (Å²) >= 11 is 0. The zero-order valence-corrected chi connectivity index (χ0v) is 33.8. The number of nitrogens with zero attached hydrogens (tertiary/aromatic N) is 1. The number of ether oxygens (including phenoxy) is 5. The first kappa shape index (κ1) is 42.3. The SMILES string of the molecule is C=C1[C@@H](OC(=O)CC(c2ccccc2)N(C)C)C[C@H](OC(C)=O)[C@]2(C)[C@@H]1C[C@]1(C(C)(C)O)CC(OC(C)=O)C(C)=C1[C@@H](OC(=O)c1ccccc1)[C@@H]2OC(C)=O. The van der Waals surface area contributed by atoms with Gasteiger partial charge in [-0.25, -0.2) is 4.79 Å². The topological polar surface area (TPSA) is 155 Å². The van der Waals surface area contributed by atoms with E-state index in [0.717, 1.165) is 5.56 Å². The van der Waals surface area contributed by atoms with Gasteiger partial charge in [0.2, 0.25) is 0 Å². The molecule has 0 aliphatic heterocycles. The molecule has 3 aliphatic carbocycles. The number of carbonyl (C=O) groups excluding carboxylic acids is 5. The molecular weight excluding hydrogens is 718 g/mol. The van der Waals surface area contributed by atoms with Crippen molar-refractivity contribution in [3.05, 3.63) is 95.1 Å². The van der Waals surface area contributed by atoms with Gasteiger partial charge < -0.3 is 33.7 Å². The highest BCUT2D eigenvalue weighted by Gasteiger charge is 2.69. The number of fused-ring (bicyclic) bond motifs is 2. The Labute approximate surface area is 329 Å². The maximum atomic E-state index is 14.1. The number of rotatable bonds is 11. The number of aliphatic hydroxyl groups is 1. The zero-order chi connectivity index (χ0) is 41.3. The van der Waals surface area contributed by atoms with Gasteiger partial charge in [-0.15, -0.1) is 0 Å². The van der Waals surface area contributed by atoms with E-state index in [0.29, 0.717) is 16.7 Å². The Morgan fingerprint density at radius 3 is 1.95 bits per heavy atom. The van der Waals surface area contributed by atoms with Crippen molar-refractivity contribution in [1.29, 1.82) is 0 Å². The molecule has 0 amide bonds. The molecule has 0 aromatic heterocycles. The van der Waals surface area contributed by atoms with Crippen LogP contribution in [0.15, 0.2) is 84.0 Å². The van der Waals surface area contributed by atoms with Gasteiger partial charge in [0.15, 0.2) is 12.2 Å². The lowest BCUT2D eigenvalue weighted by Gasteiger charge is -2.53. The maximum absolute atomic E-state index is 14.1. The van der Waals surface area contributed by atoms with Gasteiger partial charge >= 0.3 is 29.8 Å². The lowest BCUT2D eigenvalue weighted by Crippen LogP contribution is -2.60. The van der Waals surface area contributed by atoms with Gasteiger partial charge in [-0.2, -0.15) is 0 Å². The molecule has 0 saturated heterocycles. The molecule has 2 saturated carbocycles. The van der Waals surface area contributed by atoms with Crippen molar-refractivity contribution in [3.8, 4) is 0 Å². The van der Waals surface area contributed by atoms with E-state index in [4.69, 9.17) is 23.7 Å². The van der Waals surface area contributed by atoms with Crippen molar-refractivity contribution < 1.29 is 52.8 Å². The Balaban J connectivity index is 1.70.